The van der Waals surface area contributed by atoms with E-state index in [1.54, 1.807) is 30.3 Å². The van der Waals surface area contributed by atoms with Gasteiger partial charge in [0.1, 0.15) is 11.4 Å². The number of amidine groups is 1. The van der Waals surface area contributed by atoms with Crippen LogP contribution in [0.1, 0.15) is 15.9 Å². The van der Waals surface area contributed by atoms with Crippen molar-refractivity contribution in [3.63, 3.8) is 0 Å². The first-order valence-corrected chi connectivity index (χ1v) is 12.2. The van der Waals surface area contributed by atoms with Crippen LogP contribution in [0.5, 0.6) is 5.75 Å². The third-order valence-electron chi connectivity index (χ3n) is 4.58. The SMILES string of the molecule is CNc1cc(S(=O)(=O)O)cc(N/N=C(\N=Nc2cc(SOOO)ccc2C(=O)O)c2ccccc2)c1O. The van der Waals surface area contributed by atoms with Gasteiger partial charge in [-0.15, -0.1) is 14.6 Å². The fraction of sp³-hybridized carbons (Fsp3) is 0.0476. The van der Waals surface area contributed by atoms with Crippen LogP contribution in [0.3, 0.4) is 0 Å². The minimum atomic E-state index is -4.61. The molecule has 3 rings (SSSR count). The molecular formula is C21H19N5O9S2. The van der Waals surface area contributed by atoms with Gasteiger partial charge >= 0.3 is 5.97 Å². The van der Waals surface area contributed by atoms with Gasteiger partial charge in [0.25, 0.3) is 10.1 Å². The summed E-state index contributed by atoms with van der Waals surface area (Å²) in [6.07, 6.45) is 0. The van der Waals surface area contributed by atoms with E-state index < -0.39 is 26.7 Å². The summed E-state index contributed by atoms with van der Waals surface area (Å²) < 4.78 is 37.0. The van der Waals surface area contributed by atoms with Crippen LogP contribution in [-0.4, -0.2) is 47.3 Å². The Kier molecular flexibility index (Phi) is 9.12. The molecule has 16 heteroatoms. The zero-order chi connectivity index (χ0) is 27.0. The number of aromatic hydroxyl groups is 1. The number of hydrazone groups is 1. The summed E-state index contributed by atoms with van der Waals surface area (Å²) in [7, 11) is -3.18. The minimum Gasteiger partial charge on any atom is -0.504 e. The lowest BCUT2D eigenvalue weighted by molar-refractivity contribution is -0.432. The lowest BCUT2D eigenvalue weighted by Crippen LogP contribution is -2.05. The molecule has 194 valence electrons. The number of carboxylic acid groups (broad SMARTS) is 1. The molecular weight excluding hydrogens is 530 g/mol. The van der Waals surface area contributed by atoms with Crippen molar-refractivity contribution >= 4 is 51.0 Å². The summed E-state index contributed by atoms with van der Waals surface area (Å²) in [5, 5.41) is 46.5. The second-order valence-electron chi connectivity index (χ2n) is 6.92. The Morgan fingerprint density at radius 1 is 1.05 bits per heavy atom. The fourth-order valence-electron chi connectivity index (χ4n) is 2.86. The number of azo groups is 1. The molecule has 0 radical (unpaired) electrons. The van der Waals surface area contributed by atoms with Gasteiger partial charge in [-0.1, -0.05) is 35.4 Å². The van der Waals surface area contributed by atoms with Gasteiger partial charge in [-0.05, 0) is 30.3 Å². The van der Waals surface area contributed by atoms with Gasteiger partial charge in [0.05, 0.1) is 28.2 Å². The molecule has 0 atom stereocenters. The molecule has 0 spiro atoms. The van der Waals surface area contributed by atoms with Gasteiger partial charge < -0.3 is 15.5 Å². The predicted molar refractivity (Wildman–Crippen MR) is 133 cm³/mol. The van der Waals surface area contributed by atoms with E-state index in [4.69, 9.17) is 5.26 Å². The Bertz CT molecular complexity index is 1450. The van der Waals surface area contributed by atoms with E-state index in [1.807, 2.05) is 0 Å². The van der Waals surface area contributed by atoms with E-state index in [0.717, 1.165) is 12.1 Å². The number of hydrogen-bond donors (Lipinski definition) is 6. The van der Waals surface area contributed by atoms with Crippen molar-refractivity contribution in [1.82, 2.24) is 0 Å². The summed E-state index contributed by atoms with van der Waals surface area (Å²) in [5.41, 5.74) is 2.44. The first-order valence-electron chi connectivity index (χ1n) is 9.99. The summed E-state index contributed by atoms with van der Waals surface area (Å²) in [6.45, 7) is 0. The lowest BCUT2D eigenvalue weighted by Gasteiger charge is -2.11. The average Bonchev–Trinajstić information content (AvgIpc) is 2.88. The number of carbonyl (C=O) groups is 1. The molecule has 14 nitrogen and oxygen atoms in total. The number of carboxylic acids is 1. The van der Waals surface area contributed by atoms with Crippen molar-refractivity contribution < 1.29 is 42.6 Å². The number of aromatic carboxylic acids is 1. The highest BCUT2D eigenvalue weighted by Gasteiger charge is 2.17. The van der Waals surface area contributed by atoms with Crippen LogP contribution in [0.2, 0.25) is 0 Å². The molecule has 6 N–H and O–H groups in total. The molecule has 0 unspecified atom stereocenters. The highest BCUT2D eigenvalue weighted by Crippen LogP contribution is 2.35. The fourth-order valence-corrected chi connectivity index (χ4v) is 3.79. The number of benzene rings is 3. The lowest BCUT2D eigenvalue weighted by atomic mass is 10.2. The number of hydrogen-bond acceptors (Lipinski definition) is 12. The first-order chi connectivity index (χ1) is 17.6. The van der Waals surface area contributed by atoms with Gasteiger partial charge in [0.15, 0.2) is 5.75 Å². The Morgan fingerprint density at radius 2 is 1.76 bits per heavy atom. The zero-order valence-electron chi connectivity index (χ0n) is 18.8. The predicted octanol–water partition coefficient (Wildman–Crippen LogP) is 4.36. The zero-order valence-corrected chi connectivity index (χ0v) is 20.4. The second-order valence-corrected chi connectivity index (χ2v) is 9.11. The maximum atomic E-state index is 11.6. The van der Waals surface area contributed by atoms with Gasteiger partial charge in [0, 0.05) is 17.5 Å². The Balaban J connectivity index is 2.06. The molecule has 0 saturated heterocycles. The molecule has 0 aliphatic heterocycles. The van der Waals surface area contributed by atoms with E-state index in [-0.39, 0.29) is 28.5 Å². The normalized spacial score (nSPS) is 12.0. The quantitative estimate of drug-likeness (QED) is 0.0304. The van der Waals surface area contributed by atoms with E-state index in [0.29, 0.717) is 22.5 Å². The molecule has 0 heterocycles. The number of nitrogens with zero attached hydrogens (tertiary/aromatic N) is 3. The highest BCUT2D eigenvalue weighted by atomic mass is 32.2. The number of phenolic OH excluding ortho intramolecular Hbond substituents is 1. The van der Waals surface area contributed by atoms with Crippen LogP contribution >= 0.6 is 12.0 Å². The monoisotopic (exact) mass is 549 g/mol. The molecule has 0 aliphatic carbocycles. The Labute approximate surface area is 214 Å². The van der Waals surface area contributed by atoms with Gasteiger partial charge in [0.2, 0.25) is 5.84 Å². The Morgan fingerprint density at radius 3 is 2.38 bits per heavy atom. The van der Waals surface area contributed by atoms with Crippen molar-refractivity contribution in [2.75, 3.05) is 17.8 Å². The minimum absolute atomic E-state index is 0.00907. The number of nitrogens with one attached hydrogen (secondary N) is 2. The second kappa shape index (κ2) is 12.3. The third-order valence-corrected chi connectivity index (χ3v) is 5.98. The van der Waals surface area contributed by atoms with E-state index in [2.05, 4.69) is 35.4 Å². The molecule has 0 aromatic heterocycles. The molecule has 0 fully saturated rings. The summed E-state index contributed by atoms with van der Waals surface area (Å²) in [5.74, 6) is -1.76. The van der Waals surface area contributed by atoms with Crippen molar-refractivity contribution in [3.8, 4) is 5.75 Å². The molecule has 0 amide bonds. The summed E-state index contributed by atoms with van der Waals surface area (Å²) in [6, 6.07) is 14.3. The topological polar surface area (TPSA) is 212 Å². The molecule has 3 aromatic carbocycles. The summed E-state index contributed by atoms with van der Waals surface area (Å²) >= 11 is 0.589. The van der Waals surface area contributed by atoms with Crippen LogP contribution < -0.4 is 10.7 Å². The number of rotatable bonds is 10. The van der Waals surface area contributed by atoms with Gasteiger partial charge in [-0.3, -0.25) is 9.98 Å². The van der Waals surface area contributed by atoms with E-state index in [9.17, 15) is 28.0 Å². The van der Waals surface area contributed by atoms with Crippen LogP contribution in [0, 0.1) is 0 Å². The van der Waals surface area contributed by atoms with Crippen molar-refractivity contribution in [3.05, 3.63) is 71.8 Å². The third kappa shape index (κ3) is 7.23. The average molecular weight is 550 g/mol. The molecule has 0 aliphatic rings. The van der Waals surface area contributed by atoms with E-state index >= 15 is 0 Å². The first kappa shape index (κ1) is 27.5. The van der Waals surface area contributed by atoms with Crippen LogP contribution in [-0.2, 0) is 19.5 Å². The van der Waals surface area contributed by atoms with Crippen molar-refractivity contribution in [2.45, 2.75) is 9.79 Å². The van der Waals surface area contributed by atoms with Crippen LogP contribution in [0.25, 0.3) is 0 Å². The van der Waals surface area contributed by atoms with Crippen molar-refractivity contribution in [1.29, 1.82) is 0 Å². The maximum absolute atomic E-state index is 11.6. The molecule has 37 heavy (non-hydrogen) atoms. The molecule has 3 aromatic rings. The van der Waals surface area contributed by atoms with Gasteiger partial charge in [-0.2, -0.15) is 13.5 Å². The smallest absolute Gasteiger partial charge is 0.337 e. The van der Waals surface area contributed by atoms with Gasteiger partial charge in [-0.25, -0.2) is 10.1 Å². The molecule has 0 saturated carbocycles. The number of anilines is 2. The summed E-state index contributed by atoms with van der Waals surface area (Å²) in [4.78, 5) is 11.5. The largest absolute Gasteiger partial charge is 0.504 e. The number of phenols is 1. The maximum Gasteiger partial charge on any atom is 0.337 e. The van der Waals surface area contributed by atoms with Crippen LogP contribution in [0.4, 0.5) is 17.1 Å². The Hall–Kier alpha value is -4.06. The van der Waals surface area contributed by atoms with Crippen molar-refractivity contribution in [2.24, 2.45) is 15.3 Å². The molecule has 0 bridgehead atoms. The van der Waals surface area contributed by atoms with E-state index in [1.165, 1.54) is 25.2 Å². The highest BCUT2D eigenvalue weighted by molar-refractivity contribution is 7.94. The standard InChI is InChI=1S/C21H19N5O9S2/c1-22-17-10-14(37(31,32)33)11-18(19(17)27)24-26-20(12-5-3-2-4-6-12)25-23-16-9-13(36-35-34-30)7-8-15(16)21(28)29/h2-11,22,24,27,30H,1H3,(H,28,29)(H,31,32,33)/b25-23?,26-20-. The van der Waals surface area contributed by atoms with Crippen LogP contribution in [0.15, 0.2) is 85.8 Å².